The first-order chi connectivity index (χ1) is 4.33. The van der Waals surface area contributed by atoms with Gasteiger partial charge < -0.3 is 12.4 Å². The summed E-state index contributed by atoms with van der Waals surface area (Å²) < 4.78 is 0.995. The van der Waals surface area contributed by atoms with Crippen LogP contribution < -0.4 is 17.9 Å². The van der Waals surface area contributed by atoms with Crippen molar-refractivity contribution in [3.63, 3.8) is 0 Å². The minimum atomic E-state index is 0. The predicted molar refractivity (Wildman–Crippen MR) is 38.2 cm³/mol. The molecule has 0 unspecified atom stereocenters. The lowest BCUT2D eigenvalue weighted by molar-refractivity contribution is -0.210. The molecule has 0 aliphatic heterocycles. The molecule has 54 valence electrons. The van der Waals surface area contributed by atoms with E-state index in [0.717, 1.165) is 10.2 Å². The summed E-state index contributed by atoms with van der Waals surface area (Å²) in [6.07, 6.45) is 0. The molecule has 0 spiro atoms. The van der Waals surface area contributed by atoms with Gasteiger partial charge in [-0.1, -0.05) is 22.0 Å². The lowest BCUT2D eigenvalue weighted by Gasteiger charge is -1.86. The molecule has 2 N–H and O–H groups in total. The SMILES string of the molecule is [Cl-].[NH2+]=Nc1cccc(Br)c1. The van der Waals surface area contributed by atoms with E-state index in [2.05, 4.69) is 21.0 Å². The molecular weight excluding hydrogens is 215 g/mol. The van der Waals surface area contributed by atoms with E-state index in [4.69, 9.17) is 5.53 Å². The molecule has 10 heavy (non-hydrogen) atoms. The van der Waals surface area contributed by atoms with Gasteiger partial charge in [0.15, 0.2) is 0 Å². The van der Waals surface area contributed by atoms with Gasteiger partial charge in [-0.15, -0.1) is 0 Å². The Bertz CT molecular complexity index is 227. The summed E-state index contributed by atoms with van der Waals surface area (Å²) in [6.45, 7) is 0. The molecule has 1 rings (SSSR count). The number of rotatable bonds is 1. The molecule has 0 saturated carbocycles. The molecule has 0 atom stereocenters. The van der Waals surface area contributed by atoms with E-state index < -0.39 is 0 Å². The number of hydrogen-bond donors (Lipinski definition) is 1. The largest absolute Gasteiger partial charge is 1.00 e. The zero-order valence-corrected chi connectivity index (χ0v) is 7.43. The van der Waals surface area contributed by atoms with E-state index >= 15 is 0 Å². The van der Waals surface area contributed by atoms with Crippen LogP contribution in [0, 0.1) is 0 Å². The van der Waals surface area contributed by atoms with Gasteiger partial charge in [0.05, 0.1) is 0 Å². The van der Waals surface area contributed by atoms with Crippen LogP contribution in [-0.2, 0) is 0 Å². The summed E-state index contributed by atoms with van der Waals surface area (Å²) in [6, 6.07) is 7.50. The number of benzene rings is 1. The van der Waals surface area contributed by atoms with Crippen molar-refractivity contribution in [2.45, 2.75) is 0 Å². The summed E-state index contributed by atoms with van der Waals surface area (Å²) in [7, 11) is 0. The van der Waals surface area contributed by atoms with Gasteiger partial charge >= 0.3 is 0 Å². The average Bonchev–Trinajstić information content (AvgIpc) is 1.88. The molecule has 2 nitrogen and oxygen atoms in total. The summed E-state index contributed by atoms with van der Waals surface area (Å²) >= 11 is 3.29. The molecule has 4 heteroatoms. The van der Waals surface area contributed by atoms with Crippen molar-refractivity contribution in [2.75, 3.05) is 0 Å². The zero-order valence-electron chi connectivity index (χ0n) is 5.09. The van der Waals surface area contributed by atoms with Gasteiger partial charge in [-0.3, -0.25) is 0 Å². The van der Waals surface area contributed by atoms with E-state index in [1.807, 2.05) is 24.3 Å². The average molecular weight is 221 g/mol. The van der Waals surface area contributed by atoms with Crippen molar-refractivity contribution in [1.82, 2.24) is 0 Å². The van der Waals surface area contributed by atoms with Gasteiger partial charge in [0.2, 0.25) is 0 Å². The first kappa shape index (κ1) is 9.59. The molecule has 0 bridgehead atoms. The van der Waals surface area contributed by atoms with Crippen LogP contribution >= 0.6 is 15.9 Å². The molecule has 1 aromatic rings. The van der Waals surface area contributed by atoms with E-state index in [0.29, 0.717) is 0 Å². The Morgan fingerprint density at radius 3 is 2.50 bits per heavy atom. The highest BCUT2D eigenvalue weighted by atomic mass is 79.9. The van der Waals surface area contributed by atoms with Crippen LogP contribution in [0.3, 0.4) is 0 Å². The fourth-order valence-electron chi connectivity index (χ4n) is 0.556. The van der Waals surface area contributed by atoms with Gasteiger partial charge in [0.25, 0.3) is 0 Å². The maximum Gasteiger partial charge on any atom is 0.131 e. The van der Waals surface area contributed by atoms with Crippen molar-refractivity contribution in [1.29, 1.82) is 0 Å². The Morgan fingerprint density at radius 2 is 2.10 bits per heavy atom. The summed E-state index contributed by atoms with van der Waals surface area (Å²) in [4.78, 5) is 0. The Kier molecular flexibility index (Phi) is 4.23. The van der Waals surface area contributed by atoms with Crippen molar-refractivity contribution >= 4 is 21.6 Å². The molecule has 0 radical (unpaired) electrons. The molecule has 0 saturated heterocycles. The molecule has 0 aromatic heterocycles. The van der Waals surface area contributed by atoms with Crippen molar-refractivity contribution in [2.24, 2.45) is 5.11 Å². The second-order valence-corrected chi connectivity index (χ2v) is 2.52. The number of nitrogens with two attached hydrogens (primary N) is 1. The molecule has 0 fully saturated rings. The fraction of sp³-hybridized carbons (Fsp3) is 0. The fourth-order valence-corrected chi connectivity index (χ4v) is 0.944. The Morgan fingerprint density at radius 1 is 1.40 bits per heavy atom. The van der Waals surface area contributed by atoms with Gasteiger partial charge in [0, 0.05) is 4.47 Å². The van der Waals surface area contributed by atoms with E-state index in [1.54, 1.807) is 0 Å². The second-order valence-electron chi connectivity index (χ2n) is 1.61. The predicted octanol–water partition coefficient (Wildman–Crippen LogP) is -1.70. The van der Waals surface area contributed by atoms with Crippen LogP contribution in [0.15, 0.2) is 33.9 Å². The maximum atomic E-state index is 5.02. The van der Waals surface area contributed by atoms with Gasteiger partial charge in [-0.05, 0) is 23.3 Å². The van der Waals surface area contributed by atoms with Gasteiger partial charge in [-0.25, -0.2) is 0 Å². The lowest BCUT2D eigenvalue weighted by atomic mass is 10.3. The topological polar surface area (TPSA) is 38.0 Å². The Hall–Kier alpha value is -0.410. The van der Waals surface area contributed by atoms with Crippen molar-refractivity contribution < 1.29 is 17.9 Å². The highest BCUT2D eigenvalue weighted by Gasteiger charge is 1.89. The number of halogens is 2. The summed E-state index contributed by atoms with van der Waals surface area (Å²) in [5.41, 5.74) is 5.80. The third kappa shape index (κ3) is 2.45. The van der Waals surface area contributed by atoms with Crippen LogP contribution in [0.4, 0.5) is 5.69 Å². The van der Waals surface area contributed by atoms with Crippen molar-refractivity contribution in [3.05, 3.63) is 28.7 Å². The molecule has 0 aliphatic rings. The molecule has 0 aliphatic carbocycles. The first-order valence-electron chi connectivity index (χ1n) is 2.49. The van der Waals surface area contributed by atoms with Crippen LogP contribution in [0.25, 0.3) is 0 Å². The summed E-state index contributed by atoms with van der Waals surface area (Å²) in [5, 5.41) is 3.50. The van der Waals surface area contributed by atoms with E-state index in [-0.39, 0.29) is 12.4 Å². The molecule has 0 heterocycles. The smallest absolute Gasteiger partial charge is 0.131 e. The van der Waals surface area contributed by atoms with Crippen LogP contribution in [0.2, 0.25) is 0 Å². The minimum absolute atomic E-state index is 0. The van der Waals surface area contributed by atoms with E-state index in [1.165, 1.54) is 0 Å². The zero-order chi connectivity index (χ0) is 6.69. The highest BCUT2D eigenvalue weighted by Crippen LogP contribution is 2.16. The first-order valence-corrected chi connectivity index (χ1v) is 3.29. The Labute approximate surface area is 73.7 Å². The molecule has 1 aromatic carbocycles. The minimum Gasteiger partial charge on any atom is -1.00 e. The maximum absolute atomic E-state index is 5.02. The lowest BCUT2D eigenvalue weighted by Crippen LogP contribution is -3.00. The Balaban J connectivity index is 0.000000810. The van der Waals surface area contributed by atoms with Crippen LogP contribution in [-0.4, -0.2) is 0 Å². The third-order valence-corrected chi connectivity index (χ3v) is 1.45. The van der Waals surface area contributed by atoms with Gasteiger partial charge in [0.1, 0.15) is 5.69 Å². The van der Waals surface area contributed by atoms with Gasteiger partial charge in [-0.2, -0.15) is 5.53 Å². The summed E-state index contributed by atoms with van der Waals surface area (Å²) in [5.74, 6) is 0. The number of nitrogens with zero attached hydrogens (tertiary/aromatic N) is 1. The quantitative estimate of drug-likeness (QED) is 0.549. The van der Waals surface area contributed by atoms with Crippen LogP contribution in [0.5, 0.6) is 0 Å². The van der Waals surface area contributed by atoms with Crippen molar-refractivity contribution in [3.8, 4) is 0 Å². The van der Waals surface area contributed by atoms with Crippen LogP contribution in [0.1, 0.15) is 0 Å². The highest BCUT2D eigenvalue weighted by molar-refractivity contribution is 9.10. The second kappa shape index (κ2) is 4.41. The van der Waals surface area contributed by atoms with E-state index in [9.17, 15) is 0 Å². The third-order valence-electron chi connectivity index (χ3n) is 0.957. The monoisotopic (exact) mass is 220 g/mol. The normalized spacial score (nSPS) is 8.10. The standard InChI is InChI=1S/C6H5BrN2.ClH/c7-5-2-1-3-6(4-5)9-8;/h1-4,8H;1H. The number of hydrogen-bond acceptors (Lipinski definition) is 1. The molecule has 0 amide bonds. The molecular formula is C6H6BrClN2.